The third kappa shape index (κ3) is 3.37. The molecule has 2 aliphatic rings. The fourth-order valence-corrected chi connectivity index (χ4v) is 5.42. The Morgan fingerprint density at radius 2 is 1.89 bits per heavy atom. The van der Waals surface area contributed by atoms with Gasteiger partial charge in [-0.05, 0) is 45.9 Å². The Morgan fingerprint density at radius 3 is 2.57 bits per heavy atom. The first kappa shape index (κ1) is 19.2. The van der Waals surface area contributed by atoms with E-state index in [0.717, 1.165) is 15.7 Å². The van der Waals surface area contributed by atoms with Gasteiger partial charge >= 0.3 is 0 Å². The van der Waals surface area contributed by atoms with E-state index >= 15 is 0 Å². The summed E-state index contributed by atoms with van der Waals surface area (Å²) in [7, 11) is 3.18. The summed E-state index contributed by atoms with van der Waals surface area (Å²) in [5.74, 6) is 1.07. The lowest BCUT2D eigenvalue weighted by Gasteiger charge is -2.34. The van der Waals surface area contributed by atoms with Crippen molar-refractivity contribution in [2.75, 3.05) is 14.2 Å². The summed E-state index contributed by atoms with van der Waals surface area (Å²) >= 11 is 5.12. The van der Waals surface area contributed by atoms with Crippen molar-refractivity contribution in [3.63, 3.8) is 0 Å². The van der Waals surface area contributed by atoms with Crippen molar-refractivity contribution in [1.82, 2.24) is 5.32 Å². The molecule has 1 aromatic carbocycles. The standard InChI is InChI=1S/C21H20BrNO4S/c1-26-17-10-14(22)18(27-2)8-12(17)13-9-20(25)23-15-6-11(7-16(24)21(13)15)19-4-3-5-28-19/h3-5,8,10-11,13H,6-7,9H2,1-2H3,(H,23,25)/t11-,13-/m1/s1. The van der Waals surface area contributed by atoms with E-state index in [1.165, 1.54) is 4.88 Å². The molecule has 0 radical (unpaired) electrons. The average Bonchev–Trinajstić information content (AvgIpc) is 3.21. The van der Waals surface area contributed by atoms with Crippen molar-refractivity contribution in [3.8, 4) is 11.5 Å². The van der Waals surface area contributed by atoms with E-state index < -0.39 is 0 Å². The predicted molar refractivity (Wildman–Crippen MR) is 111 cm³/mol. The van der Waals surface area contributed by atoms with Gasteiger partial charge in [0, 0.05) is 46.4 Å². The number of amides is 1. The van der Waals surface area contributed by atoms with Crippen molar-refractivity contribution in [2.24, 2.45) is 0 Å². The minimum Gasteiger partial charge on any atom is -0.496 e. The molecule has 1 N–H and O–H groups in total. The van der Waals surface area contributed by atoms with Crippen molar-refractivity contribution < 1.29 is 19.1 Å². The average molecular weight is 462 g/mol. The van der Waals surface area contributed by atoms with E-state index in [1.54, 1.807) is 25.6 Å². The Balaban J connectivity index is 1.79. The maximum atomic E-state index is 13.2. The van der Waals surface area contributed by atoms with Crippen LogP contribution in [-0.4, -0.2) is 25.9 Å². The molecule has 2 aromatic rings. The van der Waals surface area contributed by atoms with E-state index in [-0.39, 0.29) is 29.9 Å². The van der Waals surface area contributed by atoms with Crippen LogP contribution >= 0.6 is 27.3 Å². The lowest BCUT2D eigenvalue weighted by atomic mass is 9.74. The van der Waals surface area contributed by atoms with Crippen molar-refractivity contribution >= 4 is 39.0 Å². The number of thiophene rings is 1. The molecular formula is C21H20BrNO4S. The van der Waals surface area contributed by atoms with Gasteiger partial charge in [0.25, 0.3) is 0 Å². The van der Waals surface area contributed by atoms with Crippen LogP contribution in [0.1, 0.15) is 41.5 Å². The quantitative estimate of drug-likeness (QED) is 0.725. The second-order valence-corrected chi connectivity index (χ2v) is 8.80. The molecule has 1 aromatic heterocycles. The Bertz CT molecular complexity index is 967. The smallest absolute Gasteiger partial charge is 0.225 e. The number of ether oxygens (including phenoxy) is 2. The Kier molecular flexibility index (Phi) is 5.29. The van der Waals surface area contributed by atoms with Gasteiger partial charge in [-0.2, -0.15) is 0 Å². The summed E-state index contributed by atoms with van der Waals surface area (Å²) in [4.78, 5) is 26.8. The Hall–Kier alpha value is -2.12. The number of allylic oxidation sites excluding steroid dienone is 2. The van der Waals surface area contributed by atoms with Gasteiger partial charge in [-0.15, -0.1) is 11.3 Å². The minimum atomic E-state index is -0.336. The van der Waals surface area contributed by atoms with E-state index in [2.05, 4.69) is 27.3 Å². The molecule has 28 heavy (non-hydrogen) atoms. The SMILES string of the molecule is COc1cc([C@H]2CC(=O)NC3=C2C(=O)C[C@H](c2cccs2)C3)c(OC)cc1Br. The molecule has 0 bridgehead atoms. The highest BCUT2D eigenvalue weighted by atomic mass is 79.9. The Morgan fingerprint density at radius 1 is 1.11 bits per heavy atom. The molecule has 7 heteroatoms. The van der Waals surface area contributed by atoms with Gasteiger partial charge in [-0.1, -0.05) is 6.07 Å². The second-order valence-electron chi connectivity index (χ2n) is 6.97. The number of hydrogen-bond acceptors (Lipinski definition) is 5. The summed E-state index contributed by atoms with van der Waals surface area (Å²) in [5, 5.41) is 4.98. The Labute approximate surface area is 175 Å². The first-order valence-electron chi connectivity index (χ1n) is 9.02. The van der Waals surface area contributed by atoms with Gasteiger partial charge < -0.3 is 14.8 Å². The highest BCUT2D eigenvalue weighted by molar-refractivity contribution is 9.10. The molecule has 146 valence electrons. The van der Waals surface area contributed by atoms with Gasteiger partial charge in [0.15, 0.2) is 5.78 Å². The zero-order chi connectivity index (χ0) is 19.8. The van der Waals surface area contributed by atoms with E-state index in [4.69, 9.17) is 9.47 Å². The number of halogens is 1. The third-order valence-corrected chi connectivity index (χ3v) is 7.02. The number of methoxy groups -OCH3 is 2. The van der Waals surface area contributed by atoms with Crippen LogP contribution in [0.25, 0.3) is 0 Å². The molecule has 2 heterocycles. The largest absolute Gasteiger partial charge is 0.496 e. The van der Waals surface area contributed by atoms with E-state index in [9.17, 15) is 9.59 Å². The van der Waals surface area contributed by atoms with Crippen LogP contribution in [0, 0.1) is 0 Å². The molecule has 0 fully saturated rings. The molecule has 0 saturated carbocycles. The molecule has 1 amide bonds. The van der Waals surface area contributed by atoms with E-state index in [1.807, 2.05) is 23.6 Å². The normalized spacial score (nSPS) is 22.0. The lowest BCUT2D eigenvalue weighted by molar-refractivity contribution is -0.122. The van der Waals surface area contributed by atoms with Crippen molar-refractivity contribution in [3.05, 3.63) is 55.8 Å². The maximum absolute atomic E-state index is 13.2. The number of nitrogens with one attached hydrogen (secondary N) is 1. The number of hydrogen-bond donors (Lipinski definition) is 1. The van der Waals surface area contributed by atoms with Crippen LogP contribution in [-0.2, 0) is 9.59 Å². The number of carbonyl (C=O) groups is 2. The van der Waals surface area contributed by atoms with Crippen LogP contribution < -0.4 is 14.8 Å². The lowest BCUT2D eigenvalue weighted by Crippen LogP contribution is -2.38. The summed E-state index contributed by atoms with van der Waals surface area (Å²) in [6.07, 6.45) is 1.34. The summed E-state index contributed by atoms with van der Waals surface area (Å²) in [6.45, 7) is 0. The van der Waals surface area contributed by atoms with Gasteiger partial charge in [0.1, 0.15) is 11.5 Å². The molecule has 0 saturated heterocycles. The van der Waals surface area contributed by atoms with Crippen LogP contribution in [0.3, 0.4) is 0 Å². The maximum Gasteiger partial charge on any atom is 0.225 e. The van der Waals surface area contributed by atoms with Gasteiger partial charge in [0.05, 0.1) is 18.7 Å². The van der Waals surface area contributed by atoms with Crippen LogP contribution in [0.4, 0.5) is 0 Å². The fourth-order valence-electron chi connectivity index (χ4n) is 4.11. The summed E-state index contributed by atoms with van der Waals surface area (Å²) in [5.41, 5.74) is 2.25. The zero-order valence-corrected chi connectivity index (χ0v) is 18.0. The second kappa shape index (κ2) is 7.72. The van der Waals surface area contributed by atoms with Gasteiger partial charge in [-0.25, -0.2) is 0 Å². The molecule has 1 aliphatic heterocycles. The zero-order valence-electron chi connectivity index (χ0n) is 15.6. The molecule has 2 atom stereocenters. The molecule has 1 aliphatic carbocycles. The molecule has 0 unspecified atom stereocenters. The molecule has 0 spiro atoms. The first-order valence-corrected chi connectivity index (χ1v) is 10.7. The van der Waals surface area contributed by atoms with Crippen LogP contribution in [0.15, 0.2) is 45.4 Å². The highest BCUT2D eigenvalue weighted by Crippen LogP contribution is 2.47. The van der Waals surface area contributed by atoms with Crippen molar-refractivity contribution in [2.45, 2.75) is 31.1 Å². The topological polar surface area (TPSA) is 64.6 Å². The number of ketones is 1. The van der Waals surface area contributed by atoms with Crippen LogP contribution in [0.2, 0.25) is 0 Å². The summed E-state index contributed by atoms with van der Waals surface area (Å²) in [6, 6.07) is 7.73. The number of benzene rings is 1. The third-order valence-electron chi connectivity index (χ3n) is 5.36. The number of Topliss-reactive ketones (excluding diaryl/α,β-unsaturated/α-hetero) is 1. The molecular weight excluding hydrogens is 442 g/mol. The van der Waals surface area contributed by atoms with Gasteiger partial charge in [0.2, 0.25) is 5.91 Å². The van der Waals surface area contributed by atoms with Crippen LogP contribution in [0.5, 0.6) is 11.5 Å². The minimum absolute atomic E-state index is 0.0766. The predicted octanol–water partition coefficient (Wildman–Crippen LogP) is 4.53. The van der Waals surface area contributed by atoms with Gasteiger partial charge in [-0.3, -0.25) is 9.59 Å². The molecule has 5 nitrogen and oxygen atoms in total. The van der Waals surface area contributed by atoms with E-state index in [0.29, 0.717) is 29.9 Å². The van der Waals surface area contributed by atoms with Crippen molar-refractivity contribution in [1.29, 1.82) is 0 Å². The highest BCUT2D eigenvalue weighted by Gasteiger charge is 2.39. The monoisotopic (exact) mass is 461 g/mol. The number of rotatable bonds is 4. The first-order chi connectivity index (χ1) is 13.5. The molecule has 4 rings (SSSR count). The number of carbonyl (C=O) groups excluding carboxylic acids is 2. The fraction of sp³-hybridized carbons (Fsp3) is 0.333. The summed E-state index contributed by atoms with van der Waals surface area (Å²) < 4.78 is 11.8.